The minimum atomic E-state index is -0.819. The highest BCUT2D eigenvalue weighted by Gasteiger charge is 2.21. The zero-order valence-corrected chi connectivity index (χ0v) is 6.47. The van der Waals surface area contributed by atoms with Gasteiger partial charge < -0.3 is 11.1 Å². The number of rotatable bonds is 0. The zero-order valence-electron chi connectivity index (χ0n) is 4.84. The Kier molecular flexibility index (Phi) is 7.06. The number of halogens is 3. The largest absolute Gasteiger partial charge is 0.324 e. The minimum Gasteiger partial charge on any atom is -0.324 e. The van der Waals surface area contributed by atoms with E-state index in [0.29, 0.717) is 13.1 Å². The molecule has 0 aromatic heterocycles. The normalized spacial score (nSPS) is 32.7. The Labute approximate surface area is 66.2 Å². The fourth-order valence-corrected chi connectivity index (χ4v) is 0.667. The predicted octanol–water partition coefficient (Wildman–Crippen LogP) is 0.0986. The first kappa shape index (κ1) is 12.1. The van der Waals surface area contributed by atoms with Gasteiger partial charge in [0.2, 0.25) is 0 Å². The van der Waals surface area contributed by atoms with Crippen LogP contribution in [0.15, 0.2) is 0 Å². The van der Waals surface area contributed by atoms with Crippen LogP contribution in [0.1, 0.15) is 0 Å². The van der Waals surface area contributed by atoms with Crippen LogP contribution in [-0.4, -0.2) is 25.3 Å². The maximum Gasteiger partial charge on any atom is 0.129 e. The van der Waals surface area contributed by atoms with Crippen LogP contribution >= 0.6 is 24.8 Å². The summed E-state index contributed by atoms with van der Waals surface area (Å²) in [6, 6.07) is -0.264. The van der Waals surface area contributed by atoms with Gasteiger partial charge >= 0.3 is 0 Å². The third-order valence-electron chi connectivity index (χ3n) is 1.18. The second-order valence-electron chi connectivity index (χ2n) is 1.84. The van der Waals surface area contributed by atoms with Crippen molar-refractivity contribution in [2.75, 3.05) is 13.1 Å². The Morgan fingerprint density at radius 3 is 2.00 bits per heavy atom. The quantitative estimate of drug-likeness (QED) is 0.550. The molecule has 58 valence electrons. The van der Waals surface area contributed by atoms with Crippen LogP contribution in [0.4, 0.5) is 4.39 Å². The summed E-state index contributed by atoms with van der Waals surface area (Å²) in [5.41, 5.74) is 5.24. The number of nitrogens with two attached hydrogens (primary N) is 1. The Morgan fingerprint density at radius 2 is 1.89 bits per heavy atom. The molecule has 2 atom stereocenters. The zero-order chi connectivity index (χ0) is 5.28. The molecule has 1 fully saturated rings. The van der Waals surface area contributed by atoms with Crippen molar-refractivity contribution in [1.82, 2.24) is 5.32 Å². The third-order valence-corrected chi connectivity index (χ3v) is 1.18. The highest BCUT2D eigenvalue weighted by molar-refractivity contribution is 5.85. The second kappa shape index (κ2) is 5.23. The van der Waals surface area contributed by atoms with Crippen molar-refractivity contribution < 1.29 is 4.39 Å². The van der Waals surface area contributed by atoms with Gasteiger partial charge in [0.15, 0.2) is 0 Å². The molecule has 5 heteroatoms. The summed E-state index contributed by atoms with van der Waals surface area (Å²) in [6.45, 7) is 1.06. The molecule has 3 N–H and O–H groups in total. The van der Waals surface area contributed by atoms with E-state index in [1.807, 2.05) is 0 Å². The lowest BCUT2D eigenvalue weighted by Crippen LogP contribution is -2.29. The van der Waals surface area contributed by atoms with Crippen molar-refractivity contribution in [2.24, 2.45) is 5.73 Å². The van der Waals surface area contributed by atoms with Crippen LogP contribution in [0.5, 0.6) is 0 Å². The molecule has 1 rings (SSSR count). The topological polar surface area (TPSA) is 38.0 Å². The molecule has 1 aliphatic heterocycles. The van der Waals surface area contributed by atoms with Gasteiger partial charge in [-0.2, -0.15) is 0 Å². The van der Waals surface area contributed by atoms with Gasteiger partial charge in [-0.05, 0) is 0 Å². The SMILES string of the molecule is Cl.Cl.NC1CNCC1F. The summed E-state index contributed by atoms with van der Waals surface area (Å²) in [5.74, 6) is 0. The first-order valence-corrected chi connectivity index (χ1v) is 2.41. The smallest absolute Gasteiger partial charge is 0.129 e. The molecular weight excluding hydrogens is 166 g/mol. The van der Waals surface area contributed by atoms with Crippen LogP contribution in [0, 0.1) is 0 Å². The molecule has 9 heavy (non-hydrogen) atoms. The van der Waals surface area contributed by atoms with E-state index >= 15 is 0 Å². The lowest BCUT2D eigenvalue weighted by molar-refractivity contribution is 0.332. The Balaban J connectivity index is 0. The first-order valence-electron chi connectivity index (χ1n) is 2.41. The molecule has 0 spiro atoms. The number of nitrogens with one attached hydrogen (secondary N) is 1. The molecule has 1 aliphatic rings. The highest BCUT2D eigenvalue weighted by atomic mass is 35.5. The molecule has 0 aromatic carbocycles. The Hall–Kier alpha value is 0.430. The summed E-state index contributed by atoms with van der Waals surface area (Å²) in [4.78, 5) is 0. The molecule has 0 aromatic rings. The van der Waals surface area contributed by atoms with Crippen molar-refractivity contribution in [1.29, 1.82) is 0 Å². The summed E-state index contributed by atoms with van der Waals surface area (Å²) in [5, 5.41) is 2.82. The van der Waals surface area contributed by atoms with Gasteiger partial charge in [-0.1, -0.05) is 0 Å². The lowest BCUT2D eigenvalue weighted by atomic mass is 10.3. The maximum atomic E-state index is 12.1. The molecule has 1 heterocycles. The highest BCUT2D eigenvalue weighted by Crippen LogP contribution is 1.99. The molecule has 2 unspecified atom stereocenters. The van der Waals surface area contributed by atoms with Crippen molar-refractivity contribution in [3.8, 4) is 0 Å². The predicted molar refractivity (Wildman–Crippen MR) is 40.2 cm³/mol. The van der Waals surface area contributed by atoms with E-state index in [0.717, 1.165) is 0 Å². The van der Waals surface area contributed by atoms with Gasteiger partial charge in [0, 0.05) is 19.1 Å². The average Bonchev–Trinajstić information content (AvgIpc) is 1.91. The van der Waals surface area contributed by atoms with E-state index < -0.39 is 6.17 Å². The van der Waals surface area contributed by atoms with Crippen molar-refractivity contribution >= 4 is 24.8 Å². The maximum absolute atomic E-state index is 12.1. The van der Waals surface area contributed by atoms with Gasteiger partial charge in [0.05, 0.1) is 0 Å². The molecule has 0 aliphatic carbocycles. The summed E-state index contributed by atoms with van der Waals surface area (Å²) >= 11 is 0. The first-order chi connectivity index (χ1) is 3.30. The van der Waals surface area contributed by atoms with Gasteiger partial charge in [0.1, 0.15) is 6.17 Å². The fraction of sp³-hybridized carbons (Fsp3) is 1.00. The fourth-order valence-electron chi connectivity index (χ4n) is 0.667. The van der Waals surface area contributed by atoms with Crippen molar-refractivity contribution in [3.63, 3.8) is 0 Å². The van der Waals surface area contributed by atoms with Gasteiger partial charge in [-0.15, -0.1) is 24.8 Å². The van der Waals surface area contributed by atoms with Crippen molar-refractivity contribution in [3.05, 3.63) is 0 Å². The van der Waals surface area contributed by atoms with Crippen LogP contribution < -0.4 is 11.1 Å². The third kappa shape index (κ3) is 3.20. The van der Waals surface area contributed by atoms with Crippen LogP contribution in [0.25, 0.3) is 0 Å². The van der Waals surface area contributed by atoms with E-state index in [2.05, 4.69) is 5.32 Å². The average molecular weight is 177 g/mol. The summed E-state index contributed by atoms with van der Waals surface area (Å²) in [6.07, 6.45) is -0.819. The Morgan fingerprint density at radius 1 is 1.33 bits per heavy atom. The minimum absolute atomic E-state index is 0. The van der Waals surface area contributed by atoms with Crippen molar-refractivity contribution in [2.45, 2.75) is 12.2 Å². The van der Waals surface area contributed by atoms with Crippen LogP contribution in [0.3, 0.4) is 0 Å². The van der Waals surface area contributed by atoms with Crippen LogP contribution in [0.2, 0.25) is 0 Å². The van der Waals surface area contributed by atoms with E-state index in [-0.39, 0.29) is 30.9 Å². The number of hydrogen-bond acceptors (Lipinski definition) is 2. The second-order valence-corrected chi connectivity index (χ2v) is 1.84. The van der Waals surface area contributed by atoms with E-state index in [9.17, 15) is 4.39 Å². The van der Waals surface area contributed by atoms with Gasteiger partial charge in [-0.3, -0.25) is 0 Å². The van der Waals surface area contributed by atoms with E-state index in [4.69, 9.17) is 5.73 Å². The monoisotopic (exact) mass is 176 g/mol. The summed E-state index contributed by atoms with van der Waals surface area (Å²) in [7, 11) is 0. The molecule has 0 bridgehead atoms. The Bertz CT molecular complexity index is 65.6. The molecule has 0 radical (unpaired) electrons. The molecule has 0 amide bonds. The van der Waals surface area contributed by atoms with E-state index in [1.165, 1.54) is 0 Å². The van der Waals surface area contributed by atoms with Gasteiger partial charge in [-0.25, -0.2) is 4.39 Å². The molecular formula is C4H11Cl2FN2. The molecule has 0 saturated carbocycles. The molecule has 2 nitrogen and oxygen atoms in total. The van der Waals surface area contributed by atoms with Gasteiger partial charge in [0.25, 0.3) is 0 Å². The molecule has 1 saturated heterocycles. The number of hydrogen-bond donors (Lipinski definition) is 2. The standard InChI is InChI=1S/C4H9FN2.2ClH/c5-3-1-7-2-4(3)6;;/h3-4,7H,1-2,6H2;2*1H. The lowest BCUT2D eigenvalue weighted by Gasteiger charge is -1.99. The number of alkyl halides is 1. The van der Waals surface area contributed by atoms with E-state index in [1.54, 1.807) is 0 Å². The van der Waals surface area contributed by atoms with Crippen LogP contribution in [-0.2, 0) is 0 Å². The summed E-state index contributed by atoms with van der Waals surface area (Å²) < 4.78 is 12.1.